The minimum absolute atomic E-state index is 0.0913. The van der Waals surface area contributed by atoms with Crippen LogP contribution in [0.15, 0.2) is 134 Å². The number of halogens is 4. The van der Waals surface area contributed by atoms with Crippen LogP contribution in [0.4, 0.5) is 29.2 Å². The molecule has 2 saturated heterocycles. The predicted molar refractivity (Wildman–Crippen MR) is 259 cm³/mol. The maximum Gasteiger partial charge on any atom is 0.196 e. The van der Waals surface area contributed by atoms with Gasteiger partial charge in [-0.3, -0.25) is 29.1 Å². The fourth-order valence-electron chi connectivity index (χ4n) is 8.52. The standard InChI is InChI=1S/C28H23F2N3O2.C27H22F2N4O2/c29-21-6-4-5-19(15-21)26(34)14-18-7-9-22(23(30)13-18)28(35)20-8-10-24-25(16-20)32-27(17-31-24)33-11-2-1-3-12-33;28-20-3-1-2-18(14-20)25(34)13-17-4-6-21(22(29)12-17)27(35)19-5-7-23-24(15-19)32-26(16-31-23)33-10-8-30-9-11-33/h4-10,13,15-17H,1-3,11-12,14H2;1-7,12,14-16,30H,8-11,13H2. The molecule has 0 saturated carbocycles. The van der Waals surface area contributed by atoms with Gasteiger partial charge in [0.15, 0.2) is 23.1 Å². The molecule has 4 heterocycles. The van der Waals surface area contributed by atoms with Crippen LogP contribution >= 0.6 is 0 Å². The van der Waals surface area contributed by atoms with Crippen molar-refractivity contribution in [3.63, 3.8) is 0 Å². The van der Waals surface area contributed by atoms with Crippen LogP contribution in [-0.2, 0) is 12.8 Å². The lowest BCUT2D eigenvalue weighted by Crippen LogP contribution is -2.43. The number of piperazine rings is 1. The van der Waals surface area contributed by atoms with E-state index >= 15 is 0 Å². The Labute approximate surface area is 400 Å². The number of rotatable bonds is 12. The number of carbonyl (C=O) groups excluding carboxylic acids is 4. The highest BCUT2D eigenvalue weighted by Gasteiger charge is 2.21. The number of aromatic nitrogens is 4. The van der Waals surface area contributed by atoms with Crippen molar-refractivity contribution in [3.05, 3.63) is 201 Å². The Bertz CT molecular complexity index is 3080. The zero-order valence-corrected chi connectivity index (χ0v) is 37.8. The molecule has 0 aliphatic carbocycles. The molecule has 11 nitrogen and oxygen atoms in total. The molecule has 70 heavy (non-hydrogen) atoms. The zero-order valence-electron chi connectivity index (χ0n) is 37.8. The number of ketones is 4. The first-order valence-electron chi connectivity index (χ1n) is 22.9. The topological polar surface area (TPSA) is 138 Å². The Balaban J connectivity index is 0.000000174. The molecule has 2 aromatic heterocycles. The Morgan fingerprint density at radius 1 is 0.471 bits per heavy atom. The van der Waals surface area contributed by atoms with E-state index in [1.807, 2.05) is 0 Å². The Kier molecular flexibility index (Phi) is 14.2. The molecule has 2 aliphatic heterocycles. The third-order valence-corrected chi connectivity index (χ3v) is 12.3. The Morgan fingerprint density at radius 2 is 0.929 bits per heavy atom. The van der Waals surface area contributed by atoms with Crippen LogP contribution in [0.3, 0.4) is 0 Å². The van der Waals surface area contributed by atoms with Crippen molar-refractivity contribution < 1.29 is 36.7 Å². The first-order chi connectivity index (χ1) is 33.9. The van der Waals surface area contributed by atoms with E-state index in [2.05, 4.69) is 30.1 Å². The van der Waals surface area contributed by atoms with Crippen molar-refractivity contribution in [2.45, 2.75) is 32.1 Å². The molecule has 1 N–H and O–H groups in total. The number of benzene rings is 6. The molecule has 352 valence electrons. The van der Waals surface area contributed by atoms with Crippen molar-refractivity contribution in [3.8, 4) is 0 Å². The molecule has 0 spiro atoms. The lowest BCUT2D eigenvalue weighted by molar-refractivity contribution is 0.0984. The molecule has 0 unspecified atom stereocenters. The van der Waals surface area contributed by atoms with E-state index in [0.717, 1.165) is 75.9 Å². The maximum absolute atomic E-state index is 14.9. The second-order valence-electron chi connectivity index (χ2n) is 17.2. The van der Waals surface area contributed by atoms with Crippen LogP contribution < -0.4 is 15.1 Å². The monoisotopic (exact) mass is 943 g/mol. The summed E-state index contributed by atoms with van der Waals surface area (Å²) in [6.07, 6.45) is 6.70. The van der Waals surface area contributed by atoms with Crippen molar-refractivity contribution in [2.75, 3.05) is 49.1 Å². The Morgan fingerprint density at radius 3 is 1.37 bits per heavy atom. The SMILES string of the molecule is O=C(Cc1ccc(C(=O)c2ccc3ncc(N4CCCCC4)nc3c2)c(F)c1)c1cccc(F)c1.O=C(Cc1ccc(C(=O)c2ccc3ncc(N4CCNCC4)nc3c2)c(F)c1)c1cccc(F)c1. The molecule has 0 bridgehead atoms. The fraction of sp³-hybridized carbons (Fsp3) is 0.200. The fourth-order valence-corrected chi connectivity index (χ4v) is 8.52. The average Bonchev–Trinajstić information content (AvgIpc) is 3.38. The second kappa shape index (κ2) is 21.1. The summed E-state index contributed by atoms with van der Waals surface area (Å²) >= 11 is 0. The third kappa shape index (κ3) is 11.0. The molecule has 2 aliphatic rings. The predicted octanol–water partition coefficient (Wildman–Crippen LogP) is 9.53. The van der Waals surface area contributed by atoms with Gasteiger partial charge < -0.3 is 15.1 Å². The molecule has 0 radical (unpaired) electrons. The number of hydrogen-bond acceptors (Lipinski definition) is 11. The lowest BCUT2D eigenvalue weighted by atomic mass is 9.98. The highest BCUT2D eigenvalue weighted by molar-refractivity contribution is 6.11. The number of nitrogens with one attached hydrogen (secondary N) is 1. The summed E-state index contributed by atoms with van der Waals surface area (Å²) in [7, 11) is 0. The van der Waals surface area contributed by atoms with Crippen molar-refractivity contribution >= 4 is 56.8 Å². The highest BCUT2D eigenvalue weighted by Crippen LogP contribution is 2.25. The van der Waals surface area contributed by atoms with E-state index in [9.17, 15) is 36.7 Å². The quantitative estimate of drug-likeness (QED) is 0.0926. The van der Waals surface area contributed by atoms with Gasteiger partial charge in [0.1, 0.15) is 34.9 Å². The number of piperidine rings is 1. The van der Waals surface area contributed by atoms with E-state index < -0.39 is 34.8 Å². The molecule has 0 amide bonds. The minimum Gasteiger partial charge on any atom is -0.355 e. The summed E-state index contributed by atoms with van der Waals surface area (Å²) in [5.74, 6) is -2.57. The van der Waals surface area contributed by atoms with Crippen LogP contribution in [0, 0.1) is 23.3 Å². The van der Waals surface area contributed by atoms with Gasteiger partial charge in [0.05, 0.1) is 45.6 Å². The molecule has 8 aromatic rings. The van der Waals surface area contributed by atoms with Crippen LogP contribution in [0.2, 0.25) is 0 Å². The normalized spacial score (nSPS) is 13.7. The van der Waals surface area contributed by atoms with Gasteiger partial charge in [-0.05, 0) is 115 Å². The number of hydrogen-bond donors (Lipinski definition) is 1. The highest BCUT2D eigenvalue weighted by atomic mass is 19.1. The van der Waals surface area contributed by atoms with Crippen LogP contribution in [0.1, 0.15) is 82.9 Å². The second-order valence-corrected chi connectivity index (χ2v) is 17.2. The van der Waals surface area contributed by atoms with Gasteiger partial charge in [0, 0.05) is 74.4 Å². The van der Waals surface area contributed by atoms with Crippen LogP contribution in [-0.4, -0.2) is 82.3 Å². The number of Topliss-reactive ketones (excluding diaryl/α,β-unsaturated/α-hetero) is 2. The number of nitrogens with zero attached hydrogens (tertiary/aromatic N) is 6. The molecule has 15 heteroatoms. The van der Waals surface area contributed by atoms with Crippen LogP contribution in [0.5, 0.6) is 0 Å². The Hall–Kier alpha value is -8.04. The summed E-state index contributed by atoms with van der Waals surface area (Å²) in [5.41, 5.74) is 4.10. The third-order valence-electron chi connectivity index (χ3n) is 12.3. The molecular weight excluding hydrogens is 899 g/mol. The molecule has 2 fully saturated rings. The summed E-state index contributed by atoms with van der Waals surface area (Å²) in [6, 6.07) is 28.8. The van der Waals surface area contributed by atoms with Gasteiger partial charge in [0.2, 0.25) is 0 Å². The van der Waals surface area contributed by atoms with Gasteiger partial charge in [-0.15, -0.1) is 0 Å². The van der Waals surface area contributed by atoms with Crippen molar-refractivity contribution in [2.24, 2.45) is 0 Å². The lowest BCUT2D eigenvalue weighted by Gasteiger charge is -2.28. The smallest absolute Gasteiger partial charge is 0.196 e. The molecule has 0 atom stereocenters. The van der Waals surface area contributed by atoms with E-state index in [1.54, 1.807) is 54.9 Å². The minimum atomic E-state index is -0.722. The van der Waals surface area contributed by atoms with Gasteiger partial charge in [-0.25, -0.2) is 27.5 Å². The molecule has 10 rings (SSSR count). The van der Waals surface area contributed by atoms with E-state index in [1.165, 1.54) is 73.2 Å². The largest absolute Gasteiger partial charge is 0.355 e. The summed E-state index contributed by atoms with van der Waals surface area (Å²) in [5, 5.41) is 3.29. The summed E-state index contributed by atoms with van der Waals surface area (Å²) in [6.45, 7) is 5.22. The van der Waals surface area contributed by atoms with Crippen molar-refractivity contribution in [1.29, 1.82) is 0 Å². The maximum atomic E-state index is 14.9. The summed E-state index contributed by atoms with van der Waals surface area (Å²) in [4.78, 5) is 73.6. The van der Waals surface area contributed by atoms with E-state index in [0.29, 0.717) is 44.3 Å². The average molecular weight is 944 g/mol. The first kappa shape index (κ1) is 47.0. The first-order valence-corrected chi connectivity index (χ1v) is 22.9. The van der Waals surface area contributed by atoms with E-state index in [4.69, 9.17) is 4.98 Å². The number of carbonyl (C=O) groups is 4. The van der Waals surface area contributed by atoms with Gasteiger partial charge >= 0.3 is 0 Å². The number of anilines is 2. The van der Waals surface area contributed by atoms with Crippen molar-refractivity contribution in [1.82, 2.24) is 25.3 Å². The van der Waals surface area contributed by atoms with Gasteiger partial charge in [-0.1, -0.05) is 36.4 Å². The van der Waals surface area contributed by atoms with Gasteiger partial charge in [-0.2, -0.15) is 0 Å². The van der Waals surface area contributed by atoms with Gasteiger partial charge in [0.25, 0.3) is 0 Å². The van der Waals surface area contributed by atoms with Crippen LogP contribution in [0.25, 0.3) is 22.1 Å². The molecular formula is C55H45F4N7O4. The zero-order chi connectivity index (χ0) is 48.7. The molecule has 6 aromatic carbocycles. The summed E-state index contributed by atoms with van der Waals surface area (Å²) < 4.78 is 56.6. The van der Waals surface area contributed by atoms with E-state index in [-0.39, 0.29) is 46.7 Å². The number of fused-ring (bicyclic) bond motifs is 2.